The summed E-state index contributed by atoms with van der Waals surface area (Å²) in [6.07, 6.45) is 0.733. The van der Waals surface area contributed by atoms with E-state index < -0.39 is 5.91 Å². The third-order valence-electron chi connectivity index (χ3n) is 4.29. The summed E-state index contributed by atoms with van der Waals surface area (Å²) in [7, 11) is 1.53. The minimum atomic E-state index is -0.439. The predicted molar refractivity (Wildman–Crippen MR) is 114 cm³/mol. The first-order valence-electron chi connectivity index (χ1n) is 9.45. The highest BCUT2D eigenvalue weighted by atomic mass is 16.5. The number of carbonyl (C=O) groups is 2. The van der Waals surface area contributed by atoms with Crippen LogP contribution in [0.3, 0.4) is 0 Å². The lowest BCUT2D eigenvalue weighted by Gasteiger charge is -2.10. The van der Waals surface area contributed by atoms with Crippen LogP contribution in [0.25, 0.3) is 0 Å². The predicted octanol–water partition coefficient (Wildman–Crippen LogP) is 3.17. The molecule has 0 bridgehead atoms. The van der Waals surface area contributed by atoms with Crippen molar-refractivity contribution in [2.75, 3.05) is 17.7 Å². The number of para-hydroxylation sites is 2. The Bertz CT molecular complexity index is 1110. The molecule has 0 fully saturated rings. The normalized spacial score (nSPS) is 10.3. The van der Waals surface area contributed by atoms with Crippen LogP contribution >= 0.6 is 0 Å². The highest BCUT2D eigenvalue weighted by molar-refractivity contribution is 6.06. The Morgan fingerprint density at radius 1 is 0.967 bits per heavy atom. The van der Waals surface area contributed by atoms with E-state index >= 15 is 0 Å². The van der Waals surface area contributed by atoms with Gasteiger partial charge in [0.05, 0.1) is 12.8 Å². The lowest BCUT2D eigenvalue weighted by Crippen LogP contribution is -2.26. The molecule has 0 saturated heterocycles. The average molecular weight is 406 g/mol. The number of nitrogens with zero attached hydrogens (tertiary/aromatic N) is 2. The molecule has 1 aromatic heterocycles. The topological polar surface area (TPSA) is 102 Å². The van der Waals surface area contributed by atoms with Crippen LogP contribution in [0.2, 0.25) is 0 Å². The number of aromatic nitrogens is 2. The Morgan fingerprint density at radius 3 is 2.40 bits per heavy atom. The van der Waals surface area contributed by atoms with Gasteiger partial charge in [-0.05, 0) is 48.9 Å². The summed E-state index contributed by atoms with van der Waals surface area (Å²) >= 11 is 0. The number of benzene rings is 2. The number of hydrogen-bond acceptors (Lipinski definition) is 5. The molecule has 8 nitrogen and oxygen atoms in total. The van der Waals surface area contributed by atoms with Crippen LogP contribution in [0, 0.1) is 0 Å². The van der Waals surface area contributed by atoms with Crippen molar-refractivity contribution in [3.8, 4) is 5.75 Å². The molecule has 0 saturated carbocycles. The molecule has 154 valence electrons. The molecule has 2 aromatic carbocycles. The monoisotopic (exact) mass is 406 g/mol. The second-order valence-electron chi connectivity index (χ2n) is 6.47. The summed E-state index contributed by atoms with van der Waals surface area (Å²) in [6.45, 7) is 2.36. The van der Waals surface area contributed by atoms with Crippen molar-refractivity contribution in [3.05, 3.63) is 82.3 Å². The standard InChI is InChI=1S/C22H22N4O4/c1-3-14-26-20(27)13-12-18(25-26)22(29)23-16-10-8-15(9-11-16)21(28)24-17-6-4-5-7-19(17)30-2/h4-13H,3,14H2,1-2H3,(H,23,29)(H,24,28). The SMILES string of the molecule is CCCn1nc(C(=O)Nc2ccc(C(=O)Nc3ccccc3OC)cc2)ccc1=O. The number of aryl methyl sites for hydroxylation is 1. The summed E-state index contributed by atoms with van der Waals surface area (Å²) in [5, 5.41) is 9.59. The third kappa shape index (κ3) is 4.91. The molecule has 30 heavy (non-hydrogen) atoms. The van der Waals surface area contributed by atoms with E-state index in [9.17, 15) is 14.4 Å². The molecule has 3 rings (SSSR count). The molecule has 0 radical (unpaired) electrons. The molecule has 1 heterocycles. The lowest BCUT2D eigenvalue weighted by molar-refractivity contribution is 0.101. The van der Waals surface area contributed by atoms with Crippen LogP contribution in [-0.4, -0.2) is 28.7 Å². The summed E-state index contributed by atoms with van der Waals surface area (Å²) in [5.41, 5.74) is 1.38. The van der Waals surface area contributed by atoms with Gasteiger partial charge in [0.25, 0.3) is 17.4 Å². The van der Waals surface area contributed by atoms with Gasteiger partial charge >= 0.3 is 0 Å². The number of rotatable bonds is 7. The molecule has 2 N–H and O–H groups in total. The lowest BCUT2D eigenvalue weighted by atomic mass is 10.2. The van der Waals surface area contributed by atoms with Crippen molar-refractivity contribution in [2.45, 2.75) is 19.9 Å². The van der Waals surface area contributed by atoms with Crippen molar-refractivity contribution in [1.29, 1.82) is 0 Å². The Labute approximate surface area is 173 Å². The third-order valence-corrected chi connectivity index (χ3v) is 4.29. The van der Waals surface area contributed by atoms with E-state index in [1.54, 1.807) is 42.5 Å². The second kappa shape index (κ2) is 9.51. The first-order valence-corrected chi connectivity index (χ1v) is 9.45. The minimum Gasteiger partial charge on any atom is -0.495 e. The molecule has 0 atom stereocenters. The zero-order valence-electron chi connectivity index (χ0n) is 16.7. The van der Waals surface area contributed by atoms with Gasteiger partial charge in [0.2, 0.25) is 0 Å². The van der Waals surface area contributed by atoms with Gasteiger partial charge in [-0.1, -0.05) is 19.1 Å². The van der Waals surface area contributed by atoms with Crippen LogP contribution in [-0.2, 0) is 6.54 Å². The highest BCUT2D eigenvalue weighted by Crippen LogP contribution is 2.23. The quantitative estimate of drug-likeness (QED) is 0.627. The van der Waals surface area contributed by atoms with Gasteiger partial charge in [-0.25, -0.2) is 4.68 Å². The molecule has 0 aliphatic carbocycles. The molecule has 8 heteroatoms. The zero-order valence-corrected chi connectivity index (χ0v) is 16.7. The van der Waals surface area contributed by atoms with Crippen molar-refractivity contribution in [3.63, 3.8) is 0 Å². The maximum Gasteiger partial charge on any atom is 0.276 e. The van der Waals surface area contributed by atoms with Crippen molar-refractivity contribution in [1.82, 2.24) is 9.78 Å². The van der Waals surface area contributed by atoms with Gasteiger partial charge in [0, 0.05) is 23.9 Å². The van der Waals surface area contributed by atoms with E-state index in [1.807, 2.05) is 13.0 Å². The molecule has 2 amide bonds. The second-order valence-corrected chi connectivity index (χ2v) is 6.47. The maximum atomic E-state index is 12.5. The summed E-state index contributed by atoms with van der Waals surface area (Å²) < 4.78 is 6.49. The maximum absolute atomic E-state index is 12.5. The van der Waals surface area contributed by atoms with Crippen molar-refractivity contribution < 1.29 is 14.3 Å². The molecular weight excluding hydrogens is 384 g/mol. The van der Waals surface area contributed by atoms with Gasteiger partial charge in [0.1, 0.15) is 11.4 Å². The van der Waals surface area contributed by atoms with Gasteiger partial charge in [-0.2, -0.15) is 5.10 Å². The number of hydrogen-bond donors (Lipinski definition) is 2. The zero-order chi connectivity index (χ0) is 21.5. The van der Waals surface area contributed by atoms with Crippen LogP contribution in [0.4, 0.5) is 11.4 Å². The Morgan fingerprint density at radius 2 is 1.70 bits per heavy atom. The fourth-order valence-electron chi connectivity index (χ4n) is 2.78. The molecule has 0 aliphatic rings. The van der Waals surface area contributed by atoms with Gasteiger partial charge in [0.15, 0.2) is 0 Å². The van der Waals surface area contributed by atoms with Gasteiger partial charge < -0.3 is 15.4 Å². The van der Waals surface area contributed by atoms with E-state index in [0.29, 0.717) is 29.2 Å². The first kappa shape index (κ1) is 20.8. The van der Waals surface area contributed by atoms with E-state index in [1.165, 1.54) is 23.9 Å². The van der Waals surface area contributed by atoms with Gasteiger partial charge in [-0.3, -0.25) is 14.4 Å². The Hall–Kier alpha value is -3.94. The van der Waals surface area contributed by atoms with Crippen molar-refractivity contribution >= 4 is 23.2 Å². The number of ether oxygens (including phenoxy) is 1. The average Bonchev–Trinajstić information content (AvgIpc) is 2.76. The number of nitrogens with one attached hydrogen (secondary N) is 2. The fraction of sp³-hybridized carbons (Fsp3) is 0.182. The summed E-state index contributed by atoms with van der Waals surface area (Å²) in [6, 6.07) is 16.3. The van der Waals surface area contributed by atoms with Crippen LogP contribution in [0.15, 0.2) is 65.5 Å². The Balaban J connectivity index is 1.68. The number of methoxy groups -OCH3 is 1. The van der Waals surface area contributed by atoms with Crippen molar-refractivity contribution in [2.24, 2.45) is 0 Å². The Kier molecular flexibility index (Phi) is 6.59. The molecule has 0 aliphatic heterocycles. The first-order chi connectivity index (χ1) is 14.5. The number of carbonyl (C=O) groups excluding carboxylic acids is 2. The molecule has 0 spiro atoms. The van der Waals surface area contributed by atoms with Crippen LogP contribution in [0.1, 0.15) is 34.2 Å². The molecule has 0 unspecified atom stereocenters. The summed E-state index contributed by atoms with van der Waals surface area (Å²) in [5.74, 6) is -0.177. The van der Waals surface area contributed by atoms with E-state index in [0.717, 1.165) is 6.42 Å². The smallest absolute Gasteiger partial charge is 0.276 e. The largest absolute Gasteiger partial charge is 0.495 e. The minimum absolute atomic E-state index is 0.140. The van der Waals surface area contributed by atoms with E-state index in [-0.39, 0.29) is 17.2 Å². The molecule has 3 aromatic rings. The van der Waals surface area contributed by atoms with Crippen LogP contribution < -0.4 is 20.9 Å². The molecular formula is C22H22N4O4. The fourth-order valence-corrected chi connectivity index (χ4v) is 2.78. The summed E-state index contributed by atoms with van der Waals surface area (Å²) in [4.78, 5) is 36.6. The number of amides is 2. The number of anilines is 2. The van der Waals surface area contributed by atoms with E-state index in [2.05, 4.69) is 15.7 Å². The highest BCUT2D eigenvalue weighted by Gasteiger charge is 2.12. The van der Waals surface area contributed by atoms with Crippen LogP contribution in [0.5, 0.6) is 5.75 Å². The van der Waals surface area contributed by atoms with Gasteiger partial charge in [-0.15, -0.1) is 0 Å². The van der Waals surface area contributed by atoms with E-state index in [4.69, 9.17) is 4.74 Å².